The highest BCUT2D eigenvalue weighted by Crippen LogP contribution is 2.16. The Kier molecular flexibility index (Phi) is 4.16. The first-order valence-electron chi connectivity index (χ1n) is 4.30. The smallest absolute Gasteiger partial charge is 0.405 e. The van der Waals surface area contributed by atoms with Crippen molar-refractivity contribution in [3.05, 3.63) is 0 Å². The summed E-state index contributed by atoms with van der Waals surface area (Å²) < 4.78 is 0. The molecule has 0 saturated carbocycles. The fourth-order valence-electron chi connectivity index (χ4n) is 1.34. The average Bonchev–Trinajstić information content (AvgIpc) is 1.99. The molecule has 78 valence electrons. The normalized spacial score (nSPS) is 12.7. The summed E-state index contributed by atoms with van der Waals surface area (Å²) >= 11 is 0. The summed E-state index contributed by atoms with van der Waals surface area (Å²) in [6.07, 6.45) is 4.25. The molecule has 0 rings (SSSR count). The van der Waals surface area contributed by atoms with Crippen LogP contribution in [-0.4, -0.2) is 22.5 Å². The Bertz CT molecular complexity index is 276. The molecule has 0 fully saturated rings. The predicted octanol–water partition coefficient (Wildman–Crippen LogP) is 1.26. The van der Waals surface area contributed by atoms with Gasteiger partial charge in [-0.05, 0) is 26.2 Å². The predicted molar refractivity (Wildman–Crippen MR) is 52.9 cm³/mol. The van der Waals surface area contributed by atoms with E-state index >= 15 is 0 Å². The second-order valence-corrected chi connectivity index (χ2v) is 3.93. The Morgan fingerprint density at radius 3 is 2.43 bits per heavy atom. The molecule has 4 nitrogen and oxygen atoms in total. The van der Waals surface area contributed by atoms with Crippen molar-refractivity contribution in [2.75, 3.05) is 0 Å². The molecular formula is C10H15NO3. The van der Waals surface area contributed by atoms with Crippen molar-refractivity contribution in [3.8, 4) is 12.3 Å². The van der Waals surface area contributed by atoms with E-state index in [0.29, 0.717) is 6.42 Å². The lowest BCUT2D eigenvalue weighted by molar-refractivity contribution is -0.117. The Morgan fingerprint density at radius 1 is 1.57 bits per heavy atom. The topological polar surface area (TPSA) is 66.4 Å². The number of nitrogens with one attached hydrogen (secondary N) is 1. The van der Waals surface area contributed by atoms with E-state index in [9.17, 15) is 9.59 Å². The molecule has 2 N–H and O–H groups in total. The monoisotopic (exact) mass is 197 g/mol. The molecule has 0 unspecified atom stereocenters. The minimum absolute atomic E-state index is 0.301. The van der Waals surface area contributed by atoms with E-state index in [-0.39, 0.29) is 11.7 Å². The first kappa shape index (κ1) is 12.5. The van der Waals surface area contributed by atoms with Gasteiger partial charge in [-0.25, -0.2) is 4.79 Å². The van der Waals surface area contributed by atoms with E-state index in [0.717, 1.165) is 0 Å². The molecule has 0 aromatic carbocycles. The van der Waals surface area contributed by atoms with Crippen molar-refractivity contribution in [1.29, 1.82) is 0 Å². The van der Waals surface area contributed by atoms with Crippen molar-refractivity contribution in [2.24, 2.45) is 5.92 Å². The zero-order valence-electron chi connectivity index (χ0n) is 8.63. The zero-order chi connectivity index (χ0) is 11.4. The van der Waals surface area contributed by atoms with Crippen LogP contribution in [0.15, 0.2) is 0 Å². The van der Waals surface area contributed by atoms with Crippen LogP contribution in [0.1, 0.15) is 27.2 Å². The van der Waals surface area contributed by atoms with E-state index in [1.54, 1.807) is 20.8 Å². The Hall–Kier alpha value is -1.50. The van der Waals surface area contributed by atoms with Crippen LogP contribution in [-0.2, 0) is 4.79 Å². The second-order valence-electron chi connectivity index (χ2n) is 3.93. The van der Waals surface area contributed by atoms with Crippen LogP contribution in [0, 0.1) is 18.3 Å². The van der Waals surface area contributed by atoms with Crippen LogP contribution in [0.3, 0.4) is 0 Å². The van der Waals surface area contributed by atoms with E-state index in [1.807, 2.05) is 5.92 Å². The van der Waals surface area contributed by atoms with Gasteiger partial charge in [0, 0.05) is 11.5 Å². The quantitative estimate of drug-likeness (QED) is 0.526. The highest BCUT2D eigenvalue weighted by Gasteiger charge is 2.25. The highest BCUT2D eigenvalue weighted by atomic mass is 16.4. The SMILES string of the molecule is C#CC(=O)[C@@H](C)CC(C)(C)NC(=O)O. The molecule has 1 amide bonds. The van der Waals surface area contributed by atoms with Crippen LogP contribution in [0.5, 0.6) is 0 Å². The van der Waals surface area contributed by atoms with Crippen molar-refractivity contribution in [2.45, 2.75) is 32.7 Å². The molecule has 0 aromatic heterocycles. The van der Waals surface area contributed by atoms with Gasteiger partial charge in [0.1, 0.15) is 0 Å². The molecule has 0 aliphatic rings. The molecule has 0 bridgehead atoms. The number of ketones is 1. The van der Waals surface area contributed by atoms with Gasteiger partial charge in [0.2, 0.25) is 5.78 Å². The number of carbonyl (C=O) groups is 2. The first-order valence-corrected chi connectivity index (χ1v) is 4.30. The summed E-state index contributed by atoms with van der Waals surface area (Å²) in [4.78, 5) is 21.5. The van der Waals surface area contributed by atoms with Crippen LogP contribution in [0.2, 0.25) is 0 Å². The lowest BCUT2D eigenvalue weighted by atomic mass is 9.89. The van der Waals surface area contributed by atoms with Gasteiger partial charge < -0.3 is 10.4 Å². The maximum Gasteiger partial charge on any atom is 0.405 e. The average molecular weight is 197 g/mol. The molecule has 0 radical (unpaired) electrons. The van der Waals surface area contributed by atoms with Crippen LogP contribution in [0.25, 0.3) is 0 Å². The molecular weight excluding hydrogens is 182 g/mol. The molecule has 14 heavy (non-hydrogen) atoms. The van der Waals surface area contributed by atoms with Gasteiger partial charge in [-0.2, -0.15) is 0 Å². The van der Waals surface area contributed by atoms with Crippen molar-refractivity contribution < 1.29 is 14.7 Å². The summed E-state index contributed by atoms with van der Waals surface area (Å²) in [6, 6.07) is 0. The Balaban J connectivity index is 4.29. The van der Waals surface area contributed by atoms with E-state index in [1.165, 1.54) is 0 Å². The Morgan fingerprint density at radius 2 is 2.07 bits per heavy atom. The summed E-state index contributed by atoms with van der Waals surface area (Å²) in [5.41, 5.74) is -0.641. The maximum atomic E-state index is 11.1. The number of rotatable bonds is 4. The number of carboxylic acid groups (broad SMARTS) is 1. The van der Waals surface area contributed by atoms with E-state index in [2.05, 4.69) is 5.32 Å². The van der Waals surface area contributed by atoms with Gasteiger partial charge in [0.15, 0.2) is 0 Å². The van der Waals surface area contributed by atoms with Gasteiger partial charge in [0.25, 0.3) is 0 Å². The summed E-state index contributed by atoms with van der Waals surface area (Å²) in [7, 11) is 0. The lowest BCUT2D eigenvalue weighted by Gasteiger charge is -2.26. The molecule has 0 aromatic rings. The van der Waals surface area contributed by atoms with Gasteiger partial charge in [-0.3, -0.25) is 4.79 Å². The van der Waals surface area contributed by atoms with Crippen molar-refractivity contribution >= 4 is 11.9 Å². The number of carbonyl (C=O) groups excluding carboxylic acids is 1. The summed E-state index contributed by atoms with van der Waals surface area (Å²) in [5, 5.41) is 10.8. The third-order valence-electron chi connectivity index (χ3n) is 1.85. The lowest BCUT2D eigenvalue weighted by Crippen LogP contribution is -2.44. The van der Waals surface area contributed by atoms with Gasteiger partial charge >= 0.3 is 6.09 Å². The Labute approximate surface area is 83.7 Å². The van der Waals surface area contributed by atoms with Gasteiger partial charge in [-0.1, -0.05) is 6.92 Å². The highest BCUT2D eigenvalue weighted by molar-refractivity contribution is 5.96. The molecule has 0 heterocycles. The van der Waals surface area contributed by atoms with E-state index < -0.39 is 11.6 Å². The first-order chi connectivity index (χ1) is 6.28. The molecule has 0 spiro atoms. The standard InChI is InChI=1S/C10H15NO3/c1-5-8(12)7(2)6-10(3,4)11-9(13)14/h1,7,11H,6H2,2-4H3,(H,13,14)/t7-/m0/s1. The largest absolute Gasteiger partial charge is 0.465 e. The minimum atomic E-state index is -1.10. The number of amides is 1. The number of hydrogen-bond donors (Lipinski definition) is 2. The molecule has 0 saturated heterocycles. The third-order valence-corrected chi connectivity index (χ3v) is 1.85. The fourth-order valence-corrected chi connectivity index (χ4v) is 1.34. The summed E-state index contributed by atoms with van der Waals surface area (Å²) in [5.74, 6) is 1.39. The molecule has 0 aliphatic carbocycles. The third kappa shape index (κ3) is 4.51. The molecule has 0 aliphatic heterocycles. The van der Waals surface area contributed by atoms with Gasteiger partial charge in [-0.15, -0.1) is 6.42 Å². The molecule has 1 atom stereocenters. The van der Waals surface area contributed by atoms with Crippen LogP contribution >= 0.6 is 0 Å². The minimum Gasteiger partial charge on any atom is -0.465 e. The van der Waals surface area contributed by atoms with Crippen molar-refractivity contribution in [1.82, 2.24) is 5.32 Å². The summed E-state index contributed by atoms with van der Waals surface area (Å²) in [6.45, 7) is 5.11. The van der Waals surface area contributed by atoms with E-state index in [4.69, 9.17) is 11.5 Å². The zero-order valence-corrected chi connectivity index (χ0v) is 8.63. The molecule has 4 heteroatoms. The van der Waals surface area contributed by atoms with Crippen molar-refractivity contribution in [3.63, 3.8) is 0 Å². The fraction of sp³-hybridized carbons (Fsp3) is 0.600. The number of hydrogen-bond acceptors (Lipinski definition) is 2. The number of Topliss-reactive ketones (excluding diaryl/α,β-unsaturated/α-hetero) is 1. The number of terminal acetylenes is 1. The van der Waals surface area contributed by atoms with Crippen LogP contribution < -0.4 is 5.32 Å². The van der Waals surface area contributed by atoms with Gasteiger partial charge in [0.05, 0.1) is 0 Å². The second kappa shape index (κ2) is 4.66. The maximum absolute atomic E-state index is 11.1. The van der Waals surface area contributed by atoms with Crippen LogP contribution in [0.4, 0.5) is 4.79 Å².